The van der Waals surface area contributed by atoms with Crippen molar-refractivity contribution in [3.63, 3.8) is 0 Å². The number of hydrogen-bond donors (Lipinski definition) is 1. The average Bonchev–Trinajstić information content (AvgIpc) is 2.44. The van der Waals surface area contributed by atoms with Crippen LogP contribution in [0.25, 0.3) is 5.76 Å². The van der Waals surface area contributed by atoms with E-state index >= 15 is 0 Å². The summed E-state index contributed by atoms with van der Waals surface area (Å²) in [5.74, 6) is -1.05. The summed E-state index contributed by atoms with van der Waals surface area (Å²) in [5, 5.41) is 10.2. The molecule has 1 aromatic rings. The molecule has 0 aromatic heterocycles. The highest BCUT2D eigenvalue weighted by atomic mass is 32.2. The topological polar surface area (TPSA) is 93.1 Å². The van der Waals surface area contributed by atoms with Crippen LogP contribution in [0, 0.1) is 0 Å². The third-order valence-electron chi connectivity index (χ3n) is 3.00. The SMILES string of the molecule is COC(=O)C1=C(O)c2cc(OC)ccc2S(=O)(=O)N1C. The van der Waals surface area contributed by atoms with Gasteiger partial charge in [0, 0.05) is 12.6 Å². The fourth-order valence-corrected chi connectivity index (χ4v) is 3.28. The molecule has 1 aliphatic rings. The van der Waals surface area contributed by atoms with Gasteiger partial charge in [0.25, 0.3) is 10.0 Å². The predicted octanol–water partition coefficient (Wildman–Crippen LogP) is 0.729. The minimum Gasteiger partial charge on any atom is -0.505 e. The number of likely N-dealkylation sites (N-methyl/N-ethyl adjacent to an activating group) is 1. The lowest BCUT2D eigenvalue weighted by atomic mass is 10.1. The molecule has 8 heteroatoms. The van der Waals surface area contributed by atoms with E-state index in [0.717, 1.165) is 7.11 Å². The number of benzene rings is 1. The second kappa shape index (κ2) is 4.71. The number of aliphatic hydroxyl groups is 1. The molecule has 7 nitrogen and oxygen atoms in total. The number of fused-ring (bicyclic) bond motifs is 1. The molecule has 0 unspecified atom stereocenters. The molecule has 1 heterocycles. The maximum absolute atomic E-state index is 12.3. The number of hydrogen-bond acceptors (Lipinski definition) is 6. The number of aliphatic hydroxyl groups excluding tert-OH is 1. The van der Waals surface area contributed by atoms with Crippen molar-refractivity contribution in [3.8, 4) is 5.75 Å². The molecular weight excluding hydrogens is 286 g/mol. The van der Waals surface area contributed by atoms with E-state index in [9.17, 15) is 18.3 Å². The molecular formula is C12H13NO6S. The number of nitrogens with zero attached hydrogens (tertiary/aromatic N) is 1. The fourth-order valence-electron chi connectivity index (χ4n) is 1.91. The maximum atomic E-state index is 12.3. The Bertz CT molecular complexity index is 707. The van der Waals surface area contributed by atoms with Crippen LogP contribution in [-0.2, 0) is 19.6 Å². The van der Waals surface area contributed by atoms with Crippen LogP contribution in [-0.4, -0.2) is 45.1 Å². The van der Waals surface area contributed by atoms with E-state index in [1.807, 2.05) is 0 Å². The first-order valence-corrected chi connectivity index (χ1v) is 6.97. The molecule has 0 fully saturated rings. The smallest absolute Gasteiger partial charge is 0.359 e. The molecule has 0 saturated heterocycles. The van der Waals surface area contributed by atoms with Crippen molar-refractivity contribution >= 4 is 21.8 Å². The van der Waals surface area contributed by atoms with Crippen molar-refractivity contribution in [2.24, 2.45) is 0 Å². The lowest BCUT2D eigenvalue weighted by molar-refractivity contribution is -0.137. The Balaban J connectivity index is 2.81. The number of sulfonamides is 1. The van der Waals surface area contributed by atoms with E-state index in [0.29, 0.717) is 10.1 Å². The van der Waals surface area contributed by atoms with Crippen LogP contribution in [0.1, 0.15) is 5.56 Å². The summed E-state index contributed by atoms with van der Waals surface area (Å²) in [6.45, 7) is 0. The van der Waals surface area contributed by atoms with E-state index in [1.54, 1.807) is 0 Å². The first-order valence-electron chi connectivity index (χ1n) is 5.53. The lowest BCUT2D eigenvalue weighted by Gasteiger charge is -2.27. The Morgan fingerprint density at radius 2 is 1.95 bits per heavy atom. The Kier molecular flexibility index (Phi) is 3.34. The van der Waals surface area contributed by atoms with Gasteiger partial charge < -0.3 is 14.6 Å². The van der Waals surface area contributed by atoms with Gasteiger partial charge >= 0.3 is 5.97 Å². The Morgan fingerprint density at radius 1 is 1.30 bits per heavy atom. The van der Waals surface area contributed by atoms with E-state index < -0.39 is 27.4 Å². The standard InChI is InChI=1S/C12H13NO6S/c1-13-10(12(15)19-3)11(14)8-6-7(18-2)4-5-9(8)20(13,16)17/h4-6,14H,1-3H3. The van der Waals surface area contributed by atoms with Crippen LogP contribution in [0.4, 0.5) is 0 Å². The number of rotatable bonds is 2. The first-order chi connectivity index (χ1) is 9.34. The third kappa shape index (κ3) is 1.88. The highest BCUT2D eigenvalue weighted by Crippen LogP contribution is 2.36. The van der Waals surface area contributed by atoms with E-state index in [2.05, 4.69) is 4.74 Å². The minimum atomic E-state index is -3.92. The van der Waals surface area contributed by atoms with Crippen molar-refractivity contribution in [2.45, 2.75) is 4.90 Å². The zero-order chi connectivity index (χ0) is 15.1. The molecule has 0 amide bonds. The van der Waals surface area contributed by atoms with Crippen LogP contribution < -0.4 is 4.74 Å². The van der Waals surface area contributed by atoms with Crippen LogP contribution in [0.3, 0.4) is 0 Å². The second-order valence-electron chi connectivity index (χ2n) is 4.02. The van der Waals surface area contributed by atoms with Crippen molar-refractivity contribution in [1.29, 1.82) is 0 Å². The molecule has 0 radical (unpaired) electrons. The quantitative estimate of drug-likeness (QED) is 0.809. The molecule has 0 aliphatic carbocycles. The Labute approximate surface area is 116 Å². The molecule has 1 N–H and O–H groups in total. The summed E-state index contributed by atoms with van der Waals surface area (Å²) in [7, 11) is -0.241. The van der Waals surface area contributed by atoms with Gasteiger partial charge in [-0.05, 0) is 18.2 Å². The summed E-state index contributed by atoms with van der Waals surface area (Å²) in [6, 6.07) is 4.11. The van der Waals surface area contributed by atoms with Gasteiger partial charge in [0.05, 0.1) is 19.1 Å². The van der Waals surface area contributed by atoms with Gasteiger partial charge in [-0.3, -0.25) is 4.31 Å². The number of carbonyl (C=O) groups is 1. The minimum absolute atomic E-state index is 0.00264. The van der Waals surface area contributed by atoms with E-state index in [-0.39, 0.29) is 10.5 Å². The van der Waals surface area contributed by atoms with Crippen LogP contribution in [0.15, 0.2) is 28.8 Å². The summed E-state index contributed by atoms with van der Waals surface area (Å²) in [4.78, 5) is 11.6. The monoisotopic (exact) mass is 299 g/mol. The van der Waals surface area contributed by atoms with Gasteiger partial charge in [-0.25, -0.2) is 13.2 Å². The van der Waals surface area contributed by atoms with Gasteiger partial charge in [0.15, 0.2) is 11.5 Å². The van der Waals surface area contributed by atoms with E-state index in [4.69, 9.17) is 4.74 Å². The predicted molar refractivity (Wildman–Crippen MR) is 69.5 cm³/mol. The van der Waals surface area contributed by atoms with Crippen LogP contribution in [0.5, 0.6) is 5.75 Å². The van der Waals surface area contributed by atoms with Gasteiger partial charge in [-0.2, -0.15) is 0 Å². The number of ether oxygens (including phenoxy) is 2. The van der Waals surface area contributed by atoms with Crippen molar-refractivity contribution in [2.75, 3.05) is 21.3 Å². The fraction of sp³-hybridized carbons (Fsp3) is 0.250. The second-order valence-corrected chi connectivity index (χ2v) is 5.96. The zero-order valence-corrected chi connectivity index (χ0v) is 11.9. The molecule has 0 spiro atoms. The number of esters is 1. The zero-order valence-electron chi connectivity index (χ0n) is 11.1. The Hall–Kier alpha value is -2.22. The van der Waals surface area contributed by atoms with Gasteiger partial charge in [-0.15, -0.1) is 0 Å². The molecule has 108 valence electrons. The van der Waals surface area contributed by atoms with Crippen molar-refractivity contribution < 1.29 is 27.8 Å². The number of carbonyl (C=O) groups excluding carboxylic acids is 1. The summed E-state index contributed by atoms with van der Waals surface area (Å²) in [5.41, 5.74) is -0.434. The molecule has 0 bridgehead atoms. The summed E-state index contributed by atoms with van der Waals surface area (Å²) in [6.07, 6.45) is 0. The van der Waals surface area contributed by atoms with Crippen molar-refractivity contribution in [1.82, 2.24) is 4.31 Å². The van der Waals surface area contributed by atoms with Crippen molar-refractivity contribution in [3.05, 3.63) is 29.5 Å². The summed E-state index contributed by atoms with van der Waals surface area (Å²) >= 11 is 0. The van der Waals surface area contributed by atoms with Gasteiger partial charge in [0.2, 0.25) is 0 Å². The van der Waals surface area contributed by atoms with Crippen LogP contribution >= 0.6 is 0 Å². The Morgan fingerprint density at radius 3 is 2.50 bits per heavy atom. The summed E-state index contributed by atoms with van der Waals surface area (Å²) < 4.78 is 34.8. The highest BCUT2D eigenvalue weighted by Gasteiger charge is 2.38. The molecule has 0 atom stereocenters. The third-order valence-corrected chi connectivity index (χ3v) is 4.81. The molecule has 1 aromatic carbocycles. The molecule has 20 heavy (non-hydrogen) atoms. The van der Waals surface area contributed by atoms with Gasteiger partial charge in [-0.1, -0.05) is 0 Å². The van der Waals surface area contributed by atoms with Crippen LogP contribution in [0.2, 0.25) is 0 Å². The highest BCUT2D eigenvalue weighted by molar-refractivity contribution is 7.89. The molecule has 1 aliphatic heterocycles. The molecule has 0 saturated carbocycles. The first kappa shape index (κ1) is 14.2. The molecule has 2 rings (SSSR count). The van der Waals surface area contributed by atoms with Gasteiger partial charge in [0.1, 0.15) is 5.75 Å². The normalized spacial score (nSPS) is 16.6. The number of methoxy groups -OCH3 is 2. The largest absolute Gasteiger partial charge is 0.505 e. The average molecular weight is 299 g/mol. The lowest BCUT2D eigenvalue weighted by Crippen LogP contribution is -2.35. The van der Waals surface area contributed by atoms with E-state index in [1.165, 1.54) is 32.4 Å². The maximum Gasteiger partial charge on any atom is 0.359 e.